The Kier molecular flexibility index (Phi) is 12.7. The maximum atomic E-state index is 13.4. The van der Waals surface area contributed by atoms with Gasteiger partial charge in [-0.1, -0.05) is 68.7 Å². The molecule has 0 bridgehead atoms. The van der Waals surface area contributed by atoms with Crippen LogP contribution < -0.4 is 10.1 Å². The summed E-state index contributed by atoms with van der Waals surface area (Å²) in [5, 5.41) is 12.4. The van der Waals surface area contributed by atoms with Gasteiger partial charge in [0.05, 0.1) is 13.0 Å². The van der Waals surface area contributed by atoms with Crippen LogP contribution in [0.1, 0.15) is 92.3 Å². The van der Waals surface area contributed by atoms with E-state index in [1.54, 1.807) is 24.3 Å². The monoisotopic (exact) mass is 714 g/mol. The fourth-order valence-corrected chi connectivity index (χ4v) is 7.74. The maximum Gasteiger partial charge on any atom is 0.323 e. The fourth-order valence-electron chi connectivity index (χ4n) is 7.74. The quantitative estimate of drug-likeness (QED) is 0.134. The second-order valence-corrected chi connectivity index (χ2v) is 14.4. The third-order valence-corrected chi connectivity index (χ3v) is 10.8. The number of hydrogen-bond acceptors (Lipinski definition) is 6. The Morgan fingerprint density at radius 1 is 0.811 bits per heavy atom. The molecule has 1 heterocycles. The van der Waals surface area contributed by atoms with Gasteiger partial charge in [0.1, 0.15) is 12.3 Å². The summed E-state index contributed by atoms with van der Waals surface area (Å²) in [5.41, 5.74) is 5.76. The highest BCUT2D eigenvalue weighted by Gasteiger charge is 2.28. The van der Waals surface area contributed by atoms with Gasteiger partial charge in [-0.2, -0.15) is 0 Å². The summed E-state index contributed by atoms with van der Waals surface area (Å²) in [6.07, 6.45) is 16.8. The number of anilines is 1. The van der Waals surface area contributed by atoms with Crippen LogP contribution in [0, 0.1) is 17.8 Å². The van der Waals surface area contributed by atoms with Gasteiger partial charge in [0.15, 0.2) is 5.82 Å². The van der Waals surface area contributed by atoms with Crippen molar-refractivity contribution in [2.45, 2.75) is 78.2 Å². The zero-order chi connectivity index (χ0) is 37.2. The predicted molar refractivity (Wildman–Crippen MR) is 207 cm³/mol. The van der Waals surface area contributed by atoms with Gasteiger partial charge in [-0.05, 0) is 110 Å². The van der Waals surface area contributed by atoms with Crippen molar-refractivity contribution in [1.82, 2.24) is 14.9 Å². The number of rotatable bonds is 14. The molecule has 0 radical (unpaired) electrons. The van der Waals surface area contributed by atoms with Crippen molar-refractivity contribution in [3.63, 3.8) is 0 Å². The number of carbonyl (C=O) groups is 3. The van der Waals surface area contributed by atoms with Crippen LogP contribution in [-0.2, 0) is 22.6 Å². The minimum Gasteiger partial charge on any atom is -0.494 e. The zero-order valence-corrected chi connectivity index (χ0v) is 30.8. The number of nitrogens with one attached hydrogen (secondary N) is 1. The molecular formula is C44H50N4O5. The average molecular weight is 715 g/mol. The topological polar surface area (TPSA) is 122 Å². The third kappa shape index (κ3) is 10.2. The van der Waals surface area contributed by atoms with Gasteiger partial charge in [0.25, 0.3) is 5.91 Å². The van der Waals surface area contributed by atoms with Gasteiger partial charge in [-0.3, -0.25) is 14.4 Å². The molecule has 1 atom stereocenters. The number of nitrogens with zero attached hydrogens (tertiary/aromatic N) is 3. The molecule has 2 aliphatic carbocycles. The summed E-state index contributed by atoms with van der Waals surface area (Å²) < 4.78 is 5.45. The molecule has 1 fully saturated rings. The molecule has 1 saturated carbocycles. The molecule has 9 heteroatoms. The van der Waals surface area contributed by atoms with Gasteiger partial charge in [-0.25, -0.2) is 9.97 Å². The Bertz CT molecular complexity index is 1860. The van der Waals surface area contributed by atoms with Crippen molar-refractivity contribution >= 4 is 29.0 Å². The average Bonchev–Trinajstić information content (AvgIpc) is 3.19. The van der Waals surface area contributed by atoms with Crippen LogP contribution >= 0.6 is 0 Å². The van der Waals surface area contributed by atoms with Crippen LogP contribution in [0.5, 0.6) is 5.75 Å². The summed E-state index contributed by atoms with van der Waals surface area (Å²) in [7, 11) is 0. The summed E-state index contributed by atoms with van der Waals surface area (Å²) in [6, 6.07) is 21.4. The first-order valence-corrected chi connectivity index (χ1v) is 19.0. The van der Waals surface area contributed by atoms with Crippen molar-refractivity contribution in [3.8, 4) is 17.1 Å². The molecule has 2 N–H and O–H groups in total. The lowest BCUT2D eigenvalue weighted by atomic mass is 9.71. The lowest BCUT2D eigenvalue weighted by molar-refractivity contribution is -0.137. The Balaban J connectivity index is 1.02. The van der Waals surface area contributed by atoms with E-state index in [-0.39, 0.29) is 18.9 Å². The highest BCUT2D eigenvalue weighted by atomic mass is 16.5. The van der Waals surface area contributed by atoms with E-state index in [0.717, 1.165) is 58.6 Å². The SMILES string of the molecule is CCOc1ccc(CC(=O)Nc2ccc(C(=O)N(CC(=O)O)Cc3ccc(-c4ncc(C5=CCC([C@H]6CC[C@H](CC)CC6)CC5)cn4)cc3)cc2)cc1. The highest BCUT2D eigenvalue weighted by molar-refractivity contribution is 5.97. The number of hydrogen-bond donors (Lipinski definition) is 2. The van der Waals surface area contributed by atoms with Gasteiger partial charge in [-0.15, -0.1) is 0 Å². The van der Waals surface area contributed by atoms with E-state index in [2.05, 4.69) is 28.3 Å². The molecular weight excluding hydrogens is 665 g/mol. The molecule has 0 spiro atoms. The zero-order valence-electron chi connectivity index (χ0n) is 30.8. The molecule has 9 nitrogen and oxygen atoms in total. The van der Waals surface area contributed by atoms with E-state index >= 15 is 0 Å². The smallest absolute Gasteiger partial charge is 0.323 e. The van der Waals surface area contributed by atoms with Gasteiger partial charge in [0, 0.05) is 41.3 Å². The Morgan fingerprint density at radius 3 is 2.09 bits per heavy atom. The number of carboxylic acid groups (broad SMARTS) is 1. The van der Waals surface area contributed by atoms with Crippen LogP contribution in [0.2, 0.25) is 0 Å². The van der Waals surface area contributed by atoms with Crippen molar-refractivity contribution in [3.05, 3.63) is 114 Å². The highest BCUT2D eigenvalue weighted by Crippen LogP contribution is 2.41. The standard InChI is InChI=1S/C44H50N4O5/c1-3-30-5-11-33(12-6-30)34-15-17-35(18-16-34)38-26-45-43(46-27-38)36-13-7-32(8-14-36)28-48(29-42(50)51)44(52)37-19-21-39(22-20-37)47-41(49)25-31-9-23-40(24-10-31)53-4-2/h7-10,13-14,17,19-24,26-27,30,33-34H,3-6,11-12,15-16,18,25,28-29H2,1-2H3,(H,47,49)(H,50,51)/t30-,33-,34?. The fraction of sp³-hybridized carbons (Fsp3) is 0.386. The molecule has 0 saturated heterocycles. The largest absolute Gasteiger partial charge is 0.494 e. The summed E-state index contributed by atoms with van der Waals surface area (Å²) in [4.78, 5) is 48.4. The van der Waals surface area contributed by atoms with E-state index in [4.69, 9.17) is 4.74 Å². The number of allylic oxidation sites excluding steroid dienone is 2. The summed E-state index contributed by atoms with van der Waals surface area (Å²) in [6.45, 7) is 4.47. The molecule has 1 unspecified atom stereocenters. The van der Waals surface area contributed by atoms with Crippen LogP contribution in [0.3, 0.4) is 0 Å². The van der Waals surface area contributed by atoms with E-state index in [0.29, 0.717) is 23.7 Å². The van der Waals surface area contributed by atoms with E-state index < -0.39 is 18.4 Å². The number of aliphatic carboxylic acids is 1. The van der Waals surface area contributed by atoms with Gasteiger partial charge in [0.2, 0.25) is 5.91 Å². The van der Waals surface area contributed by atoms with Crippen molar-refractivity contribution in [2.24, 2.45) is 17.8 Å². The normalized spacial score (nSPS) is 18.5. The molecule has 4 aromatic rings. The molecule has 276 valence electrons. The molecule has 2 aliphatic rings. The van der Waals surface area contributed by atoms with Gasteiger partial charge < -0.3 is 20.1 Å². The molecule has 2 amide bonds. The predicted octanol–water partition coefficient (Wildman–Crippen LogP) is 8.85. The third-order valence-electron chi connectivity index (χ3n) is 10.8. The number of carbonyl (C=O) groups excluding carboxylic acids is 2. The van der Waals surface area contributed by atoms with E-state index in [1.807, 2.05) is 67.8 Å². The Hall–Kier alpha value is -5.31. The number of carboxylic acids is 1. The Morgan fingerprint density at radius 2 is 1.49 bits per heavy atom. The van der Waals surface area contributed by atoms with Crippen molar-refractivity contribution in [1.29, 1.82) is 0 Å². The molecule has 53 heavy (non-hydrogen) atoms. The minimum absolute atomic E-state index is 0.112. The Labute approximate surface area is 312 Å². The summed E-state index contributed by atoms with van der Waals surface area (Å²) >= 11 is 0. The van der Waals surface area contributed by atoms with Crippen molar-refractivity contribution in [2.75, 3.05) is 18.5 Å². The minimum atomic E-state index is -1.11. The second-order valence-electron chi connectivity index (χ2n) is 14.4. The number of amides is 2. The molecule has 6 rings (SSSR count). The van der Waals surface area contributed by atoms with E-state index in [9.17, 15) is 19.5 Å². The summed E-state index contributed by atoms with van der Waals surface area (Å²) in [5.74, 6) is 2.26. The van der Waals surface area contributed by atoms with Crippen LogP contribution in [0.25, 0.3) is 17.0 Å². The lowest BCUT2D eigenvalue weighted by Gasteiger charge is -2.35. The van der Waals surface area contributed by atoms with Crippen LogP contribution in [0.4, 0.5) is 5.69 Å². The van der Waals surface area contributed by atoms with Crippen LogP contribution in [0.15, 0.2) is 91.3 Å². The van der Waals surface area contributed by atoms with Crippen LogP contribution in [-0.4, -0.2) is 50.9 Å². The first-order chi connectivity index (χ1) is 25.8. The van der Waals surface area contributed by atoms with Gasteiger partial charge >= 0.3 is 5.97 Å². The molecule has 1 aromatic heterocycles. The first kappa shape index (κ1) is 37.4. The number of benzene rings is 3. The molecule has 0 aliphatic heterocycles. The number of ether oxygens (including phenoxy) is 1. The first-order valence-electron chi connectivity index (χ1n) is 19.0. The lowest BCUT2D eigenvalue weighted by Crippen LogP contribution is -2.35. The van der Waals surface area contributed by atoms with Crippen molar-refractivity contribution < 1.29 is 24.2 Å². The van der Waals surface area contributed by atoms with E-state index in [1.165, 1.54) is 49.0 Å². The number of aromatic nitrogens is 2. The second kappa shape index (κ2) is 17.9. The maximum absolute atomic E-state index is 13.4. The molecule has 3 aromatic carbocycles.